The van der Waals surface area contributed by atoms with Crippen molar-refractivity contribution >= 4 is 34.3 Å². The first kappa shape index (κ1) is 14.9. The standard InChI is InChI=1S/C16H11ClN4O2/c17-14-9-11(7-8-18-14)15(22)20-21-16(23)13-6-5-10-3-1-2-4-12(10)19-13/h1-9H,(H,20,22)(H,21,23). The van der Waals surface area contributed by atoms with Crippen LogP contribution >= 0.6 is 11.6 Å². The molecule has 0 radical (unpaired) electrons. The summed E-state index contributed by atoms with van der Waals surface area (Å²) in [6.45, 7) is 0. The fourth-order valence-corrected chi connectivity index (χ4v) is 2.16. The zero-order valence-corrected chi connectivity index (χ0v) is 12.5. The molecule has 2 aromatic heterocycles. The highest BCUT2D eigenvalue weighted by atomic mass is 35.5. The lowest BCUT2D eigenvalue weighted by atomic mass is 10.2. The molecule has 1 aromatic carbocycles. The van der Waals surface area contributed by atoms with Crippen molar-refractivity contribution in [2.24, 2.45) is 0 Å². The van der Waals surface area contributed by atoms with Crippen LogP contribution in [0.5, 0.6) is 0 Å². The minimum atomic E-state index is -0.510. The molecule has 0 spiro atoms. The van der Waals surface area contributed by atoms with Gasteiger partial charge in [0.2, 0.25) is 0 Å². The van der Waals surface area contributed by atoms with E-state index in [1.54, 1.807) is 12.1 Å². The van der Waals surface area contributed by atoms with Gasteiger partial charge in [0.05, 0.1) is 5.52 Å². The lowest BCUT2D eigenvalue weighted by Crippen LogP contribution is -2.41. The third-order valence-corrected chi connectivity index (χ3v) is 3.32. The van der Waals surface area contributed by atoms with Crippen LogP contribution in [0.4, 0.5) is 0 Å². The molecule has 0 saturated carbocycles. The number of benzene rings is 1. The molecule has 3 aromatic rings. The molecule has 2 N–H and O–H groups in total. The molecule has 6 nitrogen and oxygen atoms in total. The highest BCUT2D eigenvalue weighted by Gasteiger charge is 2.11. The fourth-order valence-electron chi connectivity index (χ4n) is 1.99. The SMILES string of the molecule is O=C(NNC(=O)c1ccc2ccccc2n1)c1ccnc(Cl)c1. The number of aromatic nitrogens is 2. The van der Waals surface area contributed by atoms with E-state index in [9.17, 15) is 9.59 Å². The zero-order chi connectivity index (χ0) is 16.2. The Balaban J connectivity index is 1.69. The van der Waals surface area contributed by atoms with Crippen molar-refractivity contribution in [1.82, 2.24) is 20.8 Å². The maximum Gasteiger partial charge on any atom is 0.288 e. The molecule has 0 aliphatic rings. The van der Waals surface area contributed by atoms with Gasteiger partial charge in [0.25, 0.3) is 11.8 Å². The summed E-state index contributed by atoms with van der Waals surface area (Å²) in [5.41, 5.74) is 5.82. The number of rotatable bonds is 2. The highest BCUT2D eigenvalue weighted by Crippen LogP contribution is 2.11. The van der Waals surface area contributed by atoms with E-state index < -0.39 is 11.8 Å². The van der Waals surface area contributed by atoms with Gasteiger partial charge in [-0.1, -0.05) is 35.9 Å². The molecular weight excluding hydrogens is 316 g/mol. The molecule has 0 atom stereocenters. The van der Waals surface area contributed by atoms with Crippen LogP contribution in [0.2, 0.25) is 5.15 Å². The second-order valence-corrected chi connectivity index (χ2v) is 5.05. The van der Waals surface area contributed by atoms with E-state index >= 15 is 0 Å². The second-order valence-electron chi connectivity index (χ2n) is 4.66. The molecule has 23 heavy (non-hydrogen) atoms. The number of carbonyl (C=O) groups is 2. The Morgan fingerprint density at radius 1 is 0.957 bits per heavy atom. The Kier molecular flexibility index (Phi) is 4.16. The Hall–Kier alpha value is -2.99. The Bertz CT molecular complexity index is 898. The van der Waals surface area contributed by atoms with Crippen LogP contribution in [0.25, 0.3) is 10.9 Å². The first-order valence-electron chi connectivity index (χ1n) is 6.71. The predicted molar refractivity (Wildman–Crippen MR) is 85.9 cm³/mol. The van der Waals surface area contributed by atoms with Crippen LogP contribution in [0.1, 0.15) is 20.8 Å². The van der Waals surface area contributed by atoms with E-state index in [4.69, 9.17) is 11.6 Å². The van der Waals surface area contributed by atoms with Crippen molar-refractivity contribution in [2.75, 3.05) is 0 Å². The van der Waals surface area contributed by atoms with E-state index in [2.05, 4.69) is 20.8 Å². The van der Waals surface area contributed by atoms with Crippen molar-refractivity contribution in [1.29, 1.82) is 0 Å². The molecule has 3 rings (SSSR count). The summed E-state index contributed by atoms with van der Waals surface area (Å²) in [5.74, 6) is -1.01. The maximum absolute atomic E-state index is 12.1. The summed E-state index contributed by atoms with van der Waals surface area (Å²) >= 11 is 5.71. The van der Waals surface area contributed by atoms with E-state index in [1.165, 1.54) is 18.3 Å². The van der Waals surface area contributed by atoms with E-state index in [0.29, 0.717) is 5.52 Å². The third kappa shape index (κ3) is 3.44. The van der Waals surface area contributed by atoms with Gasteiger partial charge in [0.1, 0.15) is 10.8 Å². The number of hydrogen-bond donors (Lipinski definition) is 2. The van der Waals surface area contributed by atoms with Gasteiger partial charge in [-0.2, -0.15) is 0 Å². The first-order valence-corrected chi connectivity index (χ1v) is 7.09. The second kappa shape index (κ2) is 6.41. The van der Waals surface area contributed by atoms with Crippen LogP contribution in [-0.2, 0) is 0 Å². The van der Waals surface area contributed by atoms with Gasteiger partial charge in [0.15, 0.2) is 0 Å². The molecule has 2 heterocycles. The van der Waals surface area contributed by atoms with Crippen molar-refractivity contribution in [2.45, 2.75) is 0 Å². The molecular formula is C16H11ClN4O2. The number of halogens is 1. The van der Waals surface area contributed by atoms with E-state index in [-0.39, 0.29) is 16.4 Å². The molecule has 0 fully saturated rings. The first-order chi connectivity index (χ1) is 11.1. The minimum absolute atomic E-state index is 0.195. The molecule has 2 amide bonds. The van der Waals surface area contributed by atoms with Crippen molar-refractivity contribution in [3.63, 3.8) is 0 Å². The number of para-hydroxylation sites is 1. The molecule has 114 valence electrons. The van der Waals surface area contributed by atoms with Gasteiger partial charge < -0.3 is 0 Å². The average Bonchev–Trinajstić information content (AvgIpc) is 2.59. The number of pyridine rings is 2. The summed E-state index contributed by atoms with van der Waals surface area (Å²) in [6, 6.07) is 13.7. The van der Waals surface area contributed by atoms with Gasteiger partial charge in [-0.05, 0) is 24.3 Å². The lowest BCUT2D eigenvalue weighted by Gasteiger charge is -2.07. The molecule has 7 heteroatoms. The number of fused-ring (bicyclic) bond motifs is 1. The van der Waals surface area contributed by atoms with Crippen molar-refractivity contribution in [3.8, 4) is 0 Å². The largest absolute Gasteiger partial charge is 0.288 e. The normalized spacial score (nSPS) is 10.3. The number of nitrogens with zero attached hydrogens (tertiary/aromatic N) is 2. The predicted octanol–water partition coefficient (Wildman–Crippen LogP) is 2.36. The lowest BCUT2D eigenvalue weighted by molar-refractivity contribution is 0.0844. The monoisotopic (exact) mass is 326 g/mol. The molecule has 0 aliphatic carbocycles. The van der Waals surface area contributed by atoms with Gasteiger partial charge in [0, 0.05) is 17.1 Å². The average molecular weight is 327 g/mol. The Labute approximate surface area is 136 Å². The number of amides is 2. The van der Waals surface area contributed by atoms with Crippen LogP contribution in [0, 0.1) is 0 Å². The summed E-state index contributed by atoms with van der Waals surface area (Å²) < 4.78 is 0. The smallest absolute Gasteiger partial charge is 0.267 e. The van der Waals surface area contributed by atoms with Crippen LogP contribution in [-0.4, -0.2) is 21.8 Å². The fraction of sp³-hybridized carbons (Fsp3) is 0. The number of hydrogen-bond acceptors (Lipinski definition) is 4. The molecule has 0 bridgehead atoms. The molecule has 0 aliphatic heterocycles. The topological polar surface area (TPSA) is 84.0 Å². The molecule has 0 unspecified atom stereocenters. The van der Waals surface area contributed by atoms with Crippen LogP contribution < -0.4 is 10.9 Å². The van der Waals surface area contributed by atoms with Gasteiger partial charge >= 0.3 is 0 Å². The maximum atomic E-state index is 12.1. The summed E-state index contributed by atoms with van der Waals surface area (Å²) in [5, 5.41) is 1.12. The quantitative estimate of drug-likeness (QED) is 0.559. The molecule has 0 saturated heterocycles. The Morgan fingerprint density at radius 2 is 1.74 bits per heavy atom. The van der Waals surface area contributed by atoms with Crippen LogP contribution in [0.15, 0.2) is 54.7 Å². The van der Waals surface area contributed by atoms with Crippen LogP contribution in [0.3, 0.4) is 0 Å². The summed E-state index contributed by atoms with van der Waals surface area (Å²) in [7, 11) is 0. The zero-order valence-electron chi connectivity index (χ0n) is 11.8. The Morgan fingerprint density at radius 3 is 2.57 bits per heavy atom. The number of carbonyl (C=O) groups excluding carboxylic acids is 2. The van der Waals surface area contributed by atoms with Crippen molar-refractivity contribution < 1.29 is 9.59 Å². The minimum Gasteiger partial charge on any atom is -0.267 e. The third-order valence-electron chi connectivity index (χ3n) is 3.11. The van der Waals surface area contributed by atoms with E-state index in [0.717, 1.165) is 5.39 Å². The van der Waals surface area contributed by atoms with Gasteiger partial charge in [-0.3, -0.25) is 20.4 Å². The van der Waals surface area contributed by atoms with E-state index in [1.807, 2.05) is 24.3 Å². The van der Waals surface area contributed by atoms with Gasteiger partial charge in [-0.25, -0.2) is 9.97 Å². The number of nitrogens with one attached hydrogen (secondary N) is 2. The number of hydrazine groups is 1. The van der Waals surface area contributed by atoms with Gasteiger partial charge in [-0.15, -0.1) is 0 Å². The van der Waals surface area contributed by atoms with Crippen molar-refractivity contribution in [3.05, 3.63) is 71.1 Å². The highest BCUT2D eigenvalue weighted by molar-refractivity contribution is 6.29. The summed E-state index contributed by atoms with van der Waals surface area (Å²) in [4.78, 5) is 32.0. The summed E-state index contributed by atoms with van der Waals surface area (Å²) in [6.07, 6.45) is 1.41.